The molecule has 2 amide bonds. The maximum absolute atomic E-state index is 14.3. The van der Waals surface area contributed by atoms with Crippen LogP contribution in [0.4, 0.5) is 19.3 Å². The fourth-order valence-electron chi connectivity index (χ4n) is 4.81. The largest absolute Gasteiger partial charge is 0.497 e. The van der Waals surface area contributed by atoms with E-state index in [0.29, 0.717) is 11.4 Å². The topological polar surface area (TPSA) is 96.5 Å². The number of ether oxygens (including phenoxy) is 2. The highest BCUT2D eigenvalue weighted by Gasteiger charge is 2.36. The number of anilines is 1. The summed E-state index contributed by atoms with van der Waals surface area (Å²) < 4.78 is 67.5. The number of halogens is 3. The fraction of sp³-hybridized carbons (Fsp3) is 0.355. The number of sulfonamides is 1. The van der Waals surface area contributed by atoms with Gasteiger partial charge in [0.25, 0.3) is 10.0 Å². The summed E-state index contributed by atoms with van der Waals surface area (Å²) in [7, 11) is -2.67. The summed E-state index contributed by atoms with van der Waals surface area (Å²) in [6, 6.07) is 14.6. The number of carbonyl (C=O) groups excluding carboxylic acids is 2. The van der Waals surface area contributed by atoms with E-state index in [-0.39, 0.29) is 48.1 Å². The molecule has 1 atom stereocenters. The third kappa shape index (κ3) is 7.78. The first kappa shape index (κ1) is 33.0. The lowest BCUT2D eigenvalue weighted by atomic mass is 10.0. The molecule has 0 aromatic heterocycles. The Bertz CT molecular complexity index is 1620. The first-order valence-electron chi connectivity index (χ1n) is 13.8. The third-order valence-electron chi connectivity index (χ3n) is 6.95. The quantitative estimate of drug-likeness (QED) is 0.296. The van der Waals surface area contributed by atoms with Crippen molar-refractivity contribution in [1.29, 1.82) is 0 Å². The molecule has 1 fully saturated rings. The van der Waals surface area contributed by atoms with Crippen LogP contribution >= 0.6 is 11.6 Å². The van der Waals surface area contributed by atoms with Crippen LogP contribution in [0.25, 0.3) is 0 Å². The van der Waals surface area contributed by atoms with Crippen LogP contribution in [0.3, 0.4) is 0 Å². The fourth-order valence-corrected chi connectivity index (χ4v) is 6.58. The van der Waals surface area contributed by atoms with Crippen molar-refractivity contribution in [2.24, 2.45) is 0 Å². The predicted molar refractivity (Wildman–Crippen MR) is 162 cm³/mol. The highest BCUT2D eigenvalue weighted by molar-refractivity contribution is 7.92. The van der Waals surface area contributed by atoms with Crippen LogP contribution < -0.4 is 9.04 Å². The molecule has 0 saturated carbocycles. The Balaban J connectivity index is 1.62. The van der Waals surface area contributed by atoms with E-state index in [1.54, 1.807) is 51.1 Å². The number of benzene rings is 3. The zero-order chi connectivity index (χ0) is 32.2. The van der Waals surface area contributed by atoms with Crippen molar-refractivity contribution in [3.8, 4) is 5.75 Å². The molecule has 0 radical (unpaired) electrons. The van der Waals surface area contributed by atoms with Crippen molar-refractivity contribution in [3.63, 3.8) is 0 Å². The summed E-state index contributed by atoms with van der Waals surface area (Å²) in [5.41, 5.74) is -0.185. The van der Waals surface area contributed by atoms with Crippen molar-refractivity contribution in [1.82, 2.24) is 9.80 Å². The second-order valence-electron chi connectivity index (χ2n) is 11.2. The van der Waals surface area contributed by atoms with Crippen LogP contribution in [0.2, 0.25) is 5.02 Å². The monoisotopic (exact) mass is 649 g/mol. The molecule has 0 N–H and O–H groups in total. The van der Waals surface area contributed by atoms with Gasteiger partial charge < -0.3 is 19.3 Å². The van der Waals surface area contributed by atoms with Gasteiger partial charge in [-0.15, -0.1) is 0 Å². The molecule has 4 rings (SSSR count). The summed E-state index contributed by atoms with van der Waals surface area (Å²) in [5.74, 6) is -2.07. The van der Waals surface area contributed by atoms with Gasteiger partial charge in [0.2, 0.25) is 5.91 Å². The number of hydrogen-bond acceptors (Lipinski definition) is 6. The minimum Gasteiger partial charge on any atom is -0.497 e. The van der Waals surface area contributed by atoms with Gasteiger partial charge >= 0.3 is 6.09 Å². The number of nitrogens with zero attached hydrogens (tertiary/aromatic N) is 3. The van der Waals surface area contributed by atoms with Crippen molar-refractivity contribution < 1.29 is 36.3 Å². The van der Waals surface area contributed by atoms with E-state index >= 15 is 0 Å². The van der Waals surface area contributed by atoms with Crippen LogP contribution in [-0.2, 0) is 19.6 Å². The standard InChI is InChI=1S/C31H34ClF2N3O6S/c1-31(2,3)43-30(39)35-16-17-36(28(20-35)21-8-13-26(33)27(34)18-21)29(38)14-15-37(23-9-11-24(42-4)12-10-23)44(40,41)25-7-5-6-22(32)19-25/h5-13,18-19,28H,14-17,20H2,1-4H3. The number of rotatable bonds is 8. The van der Waals surface area contributed by atoms with Gasteiger partial charge in [-0.2, -0.15) is 0 Å². The van der Waals surface area contributed by atoms with E-state index < -0.39 is 45.3 Å². The van der Waals surface area contributed by atoms with Gasteiger partial charge in [0.05, 0.1) is 23.7 Å². The minimum atomic E-state index is -4.16. The Morgan fingerprint density at radius 3 is 2.32 bits per heavy atom. The van der Waals surface area contributed by atoms with Crippen molar-refractivity contribution in [3.05, 3.63) is 89.0 Å². The summed E-state index contributed by atoms with van der Waals surface area (Å²) in [6.07, 6.45) is -0.853. The van der Waals surface area contributed by atoms with E-state index in [1.807, 2.05) is 0 Å². The van der Waals surface area contributed by atoms with Crippen molar-refractivity contribution in [2.75, 3.05) is 37.6 Å². The molecule has 3 aromatic rings. The zero-order valence-corrected chi connectivity index (χ0v) is 26.4. The SMILES string of the molecule is COc1ccc(N(CCC(=O)N2CCN(C(=O)OC(C)(C)C)CC2c2ccc(F)c(F)c2)S(=O)(=O)c2cccc(Cl)c2)cc1. The zero-order valence-electron chi connectivity index (χ0n) is 24.8. The van der Waals surface area contributed by atoms with Gasteiger partial charge in [0, 0.05) is 37.6 Å². The summed E-state index contributed by atoms with van der Waals surface area (Å²) in [5, 5.41) is 0.231. The van der Waals surface area contributed by atoms with E-state index in [1.165, 1.54) is 41.2 Å². The van der Waals surface area contributed by atoms with E-state index in [9.17, 15) is 26.8 Å². The number of hydrogen-bond donors (Lipinski definition) is 0. The van der Waals surface area contributed by atoms with E-state index in [0.717, 1.165) is 16.4 Å². The summed E-state index contributed by atoms with van der Waals surface area (Å²) in [4.78, 5) is 29.4. The molecule has 0 spiro atoms. The maximum Gasteiger partial charge on any atom is 0.410 e. The average Bonchev–Trinajstić information content (AvgIpc) is 2.97. The van der Waals surface area contributed by atoms with Gasteiger partial charge in [0.1, 0.15) is 11.4 Å². The Morgan fingerprint density at radius 1 is 1.00 bits per heavy atom. The molecule has 1 heterocycles. The van der Waals surface area contributed by atoms with Crippen LogP contribution in [0, 0.1) is 11.6 Å². The third-order valence-corrected chi connectivity index (χ3v) is 9.01. The van der Waals surface area contributed by atoms with Gasteiger partial charge in [-0.3, -0.25) is 9.10 Å². The molecular weight excluding hydrogens is 616 g/mol. The second kappa shape index (κ2) is 13.4. The van der Waals surface area contributed by atoms with Gasteiger partial charge in [-0.05, 0) is 80.9 Å². The van der Waals surface area contributed by atoms with Gasteiger partial charge in [-0.1, -0.05) is 23.7 Å². The molecule has 236 valence electrons. The molecule has 13 heteroatoms. The highest BCUT2D eigenvalue weighted by atomic mass is 35.5. The van der Waals surface area contributed by atoms with Crippen molar-refractivity contribution in [2.45, 2.75) is 43.7 Å². The first-order chi connectivity index (χ1) is 20.7. The normalized spacial score (nSPS) is 15.6. The Morgan fingerprint density at radius 2 is 1.70 bits per heavy atom. The molecule has 0 bridgehead atoms. The molecule has 1 aliphatic heterocycles. The van der Waals surface area contributed by atoms with Gasteiger partial charge in [-0.25, -0.2) is 22.0 Å². The lowest BCUT2D eigenvalue weighted by Gasteiger charge is -2.42. The van der Waals surface area contributed by atoms with Crippen LogP contribution in [0.5, 0.6) is 5.75 Å². The van der Waals surface area contributed by atoms with Crippen LogP contribution in [0.1, 0.15) is 38.8 Å². The maximum atomic E-state index is 14.3. The highest BCUT2D eigenvalue weighted by Crippen LogP contribution is 2.31. The Labute approximate surface area is 261 Å². The van der Waals surface area contributed by atoms with E-state index in [2.05, 4.69) is 0 Å². The smallest absolute Gasteiger partial charge is 0.410 e. The van der Waals surface area contributed by atoms with Crippen LogP contribution in [-0.4, -0.2) is 69.1 Å². The van der Waals surface area contributed by atoms with Crippen LogP contribution in [0.15, 0.2) is 71.6 Å². The number of carbonyl (C=O) groups is 2. The first-order valence-corrected chi connectivity index (χ1v) is 15.7. The lowest BCUT2D eigenvalue weighted by Crippen LogP contribution is -2.53. The average molecular weight is 650 g/mol. The molecule has 9 nitrogen and oxygen atoms in total. The number of amides is 2. The summed E-state index contributed by atoms with van der Waals surface area (Å²) >= 11 is 6.09. The molecule has 3 aromatic carbocycles. The molecule has 1 unspecified atom stereocenters. The Kier molecular flexibility index (Phi) is 10.0. The molecule has 44 heavy (non-hydrogen) atoms. The molecular formula is C31H34ClF2N3O6S. The molecule has 1 saturated heterocycles. The predicted octanol–water partition coefficient (Wildman–Crippen LogP) is 6.03. The molecule has 0 aliphatic carbocycles. The number of methoxy groups -OCH3 is 1. The second-order valence-corrected chi connectivity index (χ2v) is 13.5. The molecule has 1 aliphatic rings. The van der Waals surface area contributed by atoms with Crippen molar-refractivity contribution >= 4 is 39.3 Å². The minimum absolute atomic E-state index is 0.0330. The Hall–Kier alpha value is -3.90. The number of piperazine rings is 1. The summed E-state index contributed by atoms with van der Waals surface area (Å²) in [6.45, 7) is 5.09. The van der Waals surface area contributed by atoms with E-state index in [4.69, 9.17) is 21.1 Å². The van der Waals surface area contributed by atoms with Gasteiger partial charge in [0.15, 0.2) is 11.6 Å². The lowest BCUT2D eigenvalue weighted by molar-refractivity contribution is -0.136.